The first-order chi connectivity index (χ1) is 10.6. The second-order valence-electron chi connectivity index (χ2n) is 4.25. The first-order valence-electron chi connectivity index (χ1n) is 6.58. The normalized spacial score (nSPS) is 11.1. The number of halogens is 1. The first kappa shape index (κ1) is 16.6. The van der Waals surface area contributed by atoms with Gasteiger partial charge in [-0.2, -0.15) is 9.78 Å². The summed E-state index contributed by atoms with van der Waals surface area (Å²) in [4.78, 5) is 0. The molecule has 0 saturated carbocycles. The Bertz CT molecular complexity index is 666. The number of ether oxygens (including phenoxy) is 2. The molecule has 1 heterocycles. The average molecular weight is 341 g/mol. The van der Waals surface area contributed by atoms with Crippen LogP contribution in [-0.4, -0.2) is 41.6 Å². The van der Waals surface area contributed by atoms with Gasteiger partial charge in [-0.25, -0.2) is 0 Å². The fourth-order valence-corrected chi connectivity index (χ4v) is 2.64. The fraction of sp³-hybridized carbons (Fsp3) is 0.357. The quantitative estimate of drug-likeness (QED) is 0.597. The molecule has 0 aliphatic carbocycles. The van der Waals surface area contributed by atoms with E-state index in [1.807, 2.05) is 19.2 Å². The number of benzene rings is 1. The van der Waals surface area contributed by atoms with Crippen LogP contribution in [0, 0.1) is 0 Å². The molecule has 0 aliphatic rings. The molecule has 2 aromatic rings. The SMILES string of the molecule is CCc1nnc(SC)n1/N=C\c1cc(Cl)c(OC)c(OC)c1. The van der Waals surface area contributed by atoms with Gasteiger partial charge in [0.1, 0.15) is 0 Å². The van der Waals surface area contributed by atoms with Crippen molar-refractivity contribution in [3.63, 3.8) is 0 Å². The zero-order chi connectivity index (χ0) is 16.1. The third-order valence-electron chi connectivity index (χ3n) is 2.95. The molecule has 0 atom stereocenters. The van der Waals surface area contributed by atoms with Crippen LogP contribution < -0.4 is 9.47 Å². The third kappa shape index (κ3) is 3.36. The minimum absolute atomic E-state index is 0.466. The van der Waals surface area contributed by atoms with Gasteiger partial charge in [-0.05, 0) is 24.0 Å². The minimum atomic E-state index is 0.466. The summed E-state index contributed by atoms with van der Waals surface area (Å²) in [5.74, 6) is 1.86. The molecule has 0 aliphatic heterocycles. The van der Waals surface area contributed by atoms with Crippen molar-refractivity contribution in [2.24, 2.45) is 5.10 Å². The van der Waals surface area contributed by atoms with Crippen LogP contribution >= 0.6 is 23.4 Å². The summed E-state index contributed by atoms with van der Waals surface area (Å²) in [6, 6.07) is 3.57. The molecule has 1 aromatic heterocycles. The van der Waals surface area contributed by atoms with Gasteiger partial charge in [-0.1, -0.05) is 30.3 Å². The van der Waals surface area contributed by atoms with E-state index in [1.165, 1.54) is 11.8 Å². The molecule has 0 N–H and O–H groups in total. The Balaban J connectivity index is 2.38. The van der Waals surface area contributed by atoms with Crippen LogP contribution in [0.15, 0.2) is 22.4 Å². The van der Waals surface area contributed by atoms with Crippen LogP contribution in [0.3, 0.4) is 0 Å². The molecule has 2 rings (SSSR count). The largest absolute Gasteiger partial charge is 0.493 e. The highest BCUT2D eigenvalue weighted by atomic mass is 35.5. The van der Waals surface area contributed by atoms with E-state index in [2.05, 4.69) is 15.3 Å². The zero-order valence-corrected chi connectivity index (χ0v) is 14.4. The van der Waals surface area contributed by atoms with Crippen molar-refractivity contribution >= 4 is 29.6 Å². The van der Waals surface area contributed by atoms with Crippen molar-refractivity contribution < 1.29 is 9.47 Å². The topological polar surface area (TPSA) is 61.5 Å². The van der Waals surface area contributed by atoms with Crippen molar-refractivity contribution in [3.8, 4) is 11.5 Å². The highest BCUT2D eigenvalue weighted by Crippen LogP contribution is 2.35. The van der Waals surface area contributed by atoms with E-state index in [9.17, 15) is 0 Å². The Morgan fingerprint density at radius 2 is 2.09 bits per heavy atom. The lowest BCUT2D eigenvalue weighted by Gasteiger charge is -2.10. The Morgan fingerprint density at radius 3 is 2.68 bits per heavy atom. The molecular formula is C14H17ClN4O2S. The zero-order valence-electron chi connectivity index (χ0n) is 12.8. The van der Waals surface area contributed by atoms with Crippen LogP contribution in [0.1, 0.15) is 18.3 Å². The molecule has 0 bridgehead atoms. The number of hydrogen-bond donors (Lipinski definition) is 0. The van der Waals surface area contributed by atoms with Gasteiger partial charge in [-0.15, -0.1) is 10.2 Å². The molecule has 0 spiro atoms. The average Bonchev–Trinajstić information content (AvgIpc) is 2.94. The summed E-state index contributed by atoms with van der Waals surface area (Å²) in [5, 5.41) is 13.8. The predicted octanol–water partition coefficient (Wildman–Crippen LogP) is 3.12. The molecule has 6 nitrogen and oxygen atoms in total. The van der Waals surface area contributed by atoms with Crippen molar-refractivity contribution in [2.75, 3.05) is 20.5 Å². The summed E-state index contributed by atoms with van der Waals surface area (Å²) >= 11 is 7.68. The summed E-state index contributed by atoms with van der Waals surface area (Å²) < 4.78 is 12.2. The highest BCUT2D eigenvalue weighted by Gasteiger charge is 2.11. The van der Waals surface area contributed by atoms with Gasteiger partial charge in [0.2, 0.25) is 5.16 Å². The van der Waals surface area contributed by atoms with E-state index in [4.69, 9.17) is 21.1 Å². The predicted molar refractivity (Wildman–Crippen MR) is 88.7 cm³/mol. The van der Waals surface area contributed by atoms with Crippen molar-refractivity contribution in [2.45, 2.75) is 18.5 Å². The Labute approximate surface area is 138 Å². The van der Waals surface area contributed by atoms with E-state index < -0.39 is 0 Å². The number of methoxy groups -OCH3 is 2. The van der Waals surface area contributed by atoms with E-state index in [-0.39, 0.29) is 0 Å². The highest BCUT2D eigenvalue weighted by molar-refractivity contribution is 7.98. The molecule has 0 unspecified atom stereocenters. The third-order valence-corrected chi connectivity index (χ3v) is 3.85. The minimum Gasteiger partial charge on any atom is -0.493 e. The van der Waals surface area contributed by atoms with Crippen LogP contribution in [0.2, 0.25) is 5.02 Å². The summed E-state index contributed by atoms with van der Waals surface area (Å²) in [5.41, 5.74) is 0.797. The molecule has 118 valence electrons. The molecule has 8 heteroatoms. The Kier molecular flexibility index (Phi) is 5.68. The van der Waals surface area contributed by atoms with Crippen molar-refractivity contribution in [1.82, 2.24) is 14.9 Å². The second kappa shape index (κ2) is 7.51. The molecule has 0 amide bonds. The van der Waals surface area contributed by atoms with Gasteiger partial charge < -0.3 is 9.47 Å². The molecule has 1 aromatic carbocycles. The van der Waals surface area contributed by atoms with Gasteiger partial charge in [-0.3, -0.25) is 0 Å². The molecule has 22 heavy (non-hydrogen) atoms. The number of thioether (sulfide) groups is 1. The van der Waals surface area contributed by atoms with E-state index in [0.717, 1.165) is 23.0 Å². The number of nitrogens with zero attached hydrogens (tertiary/aromatic N) is 4. The standard InChI is InChI=1S/C14H17ClN4O2S/c1-5-12-17-18-14(22-4)19(12)16-8-9-6-10(15)13(21-3)11(7-9)20-2/h6-8H,5H2,1-4H3/b16-8-. The maximum absolute atomic E-state index is 6.19. The maximum Gasteiger partial charge on any atom is 0.211 e. The number of aryl methyl sites for hydroxylation is 1. The smallest absolute Gasteiger partial charge is 0.211 e. The maximum atomic E-state index is 6.19. The summed E-state index contributed by atoms with van der Waals surface area (Å²) in [7, 11) is 3.11. The Hall–Kier alpha value is -1.73. The molecule has 0 fully saturated rings. The van der Waals surface area contributed by atoms with E-state index >= 15 is 0 Å². The van der Waals surface area contributed by atoms with E-state index in [1.54, 1.807) is 31.2 Å². The first-order valence-corrected chi connectivity index (χ1v) is 8.19. The van der Waals surface area contributed by atoms with E-state index in [0.29, 0.717) is 16.5 Å². The van der Waals surface area contributed by atoms with Crippen LogP contribution in [0.4, 0.5) is 0 Å². The number of rotatable bonds is 6. The van der Waals surface area contributed by atoms with Gasteiger partial charge in [0.15, 0.2) is 17.3 Å². The lowest BCUT2D eigenvalue weighted by atomic mass is 10.2. The monoisotopic (exact) mass is 340 g/mol. The van der Waals surface area contributed by atoms with Gasteiger partial charge in [0.05, 0.1) is 25.5 Å². The lowest BCUT2D eigenvalue weighted by Crippen LogP contribution is -1.99. The molecule has 0 radical (unpaired) electrons. The second-order valence-corrected chi connectivity index (χ2v) is 5.43. The molecular weight excluding hydrogens is 324 g/mol. The number of hydrogen-bond acceptors (Lipinski definition) is 6. The van der Waals surface area contributed by atoms with Crippen molar-refractivity contribution in [1.29, 1.82) is 0 Å². The van der Waals surface area contributed by atoms with Crippen LogP contribution in [0.25, 0.3) is 0 Å². The summed E-state index contributed by atoms with van der Waals surface area (Å²) in [6.45, 7) is 2.01. The number of aromatic nitrogens is 3. The molecule has 0 saturated heterocycles. The van der Waals surface area contributed by atoms with Crippen molar-refractivity contribution in [3.05, 3.63) is 28.5 Å². The fourth-order valence-electron chi connectivity index (χ4n) is 1.90. The van der Waals surface area contributed by atoms with Gasteiger partial charge >= 0.3 is 0 Å². The van der Waals surface area contributed by atoms with Gasteiger partial charge in [0.25, 0.3) is 0 Å². The van der Waals surface area contributed by atoms with Gasteiger partial charge in [0, 0.05) is 6.42 Å². The lowest BCUT2D eigenvalue weighted by molar-refractivity contribution is 0.355. The van der Waals surface area contributed by atoms with Crippen LogP contribution in [-0.2, 0) is 6.42 Å². The summed E-state index contributed by atoms with van der Waals surface area (Å²) in [6.07, 6.45) is 4.37. The van der Waals surface area contributed by atoms with Crippen LogP contribution in [0.5, 0.6) is 11.5 Å². The Morgan fingerprint density at radius 1 is 1.32 bits per heavy atom.